The summed E-state index contributed by atoms with van der Waals surface area (Å²) in [5.74, 6) is -0.0653. The molecule has 0 bridgehead atoms. The van der Waals surface area contributed by atoms with Crippen molar-refractivity contribution in [1.82, 2.24) is 0 Å². The lowest BCUT2D eigenvalue weighted by molar-refractivity contribution is -0.149. The zero-order valence-electron chi connectivity index (χ0n) is 36.4. The molecule has 0 saturated carbocycles. The van der Waals surface area contributed by atoms with Gasteiger partial charge in [-0.05, 0) is 308 Å². The van der Waals surface area contributed by atoms with Crippen molar-refractivity contribution < 1.29 is 9.47 Å². The third-order valence-electron chi connectivity index (χ3n) is 25.7. The molecule has 2 spiro atoms. The summed E-state index contributed by atoms with van der Waals surface area (Å²) in [6, 6.07) is 11.7. The van der Waals surface area contributed by atoms with Crippen LogP contribution < -0.4 is 0 Å². The van der Waals surface area contributed by atoms with Crippen molar-refractivity contribution in [2.24, 2.45) is 0 Å². The highest BCUT2D eigenvalue weighted by Crippen LogP contribution is 2.87. The summed E-state index contributed by atoms with van der Waals surface area (Å²) in [5, 5.41) is 87.2. The fourth-order valence-corrected chi connectivity index (χ4v) is 25.7. The molecule has 0 aromatic heterocycles. The monoisotopic (exact) mass is 870 g/mol. The topological polar surface area (TPSA) is 18.5 Å². The third kappa shape index (κ3) is 1.41. The second kappa shape index (κ2) is 6.04. The smallest absolute Gasteiger partial charge is 0.167 e. The van der Waals surface area contributed by atoms with E-state index in [2.05, 4.69) is 30.3 Å². The Kier molecular flexibility index (Phi) is 2.26. The Morgan fingerprint density at radius 3 is 0.676 bits per heavy atom. The van der Waals surface area contributed by atoms with E-state index in [1.165, 1.54) is 16.7 Å². The Morgan fingerprint density at radius 1 is 0.268 bits per heavy atom. The van der Waals surface area contributed by atoms with Crippen LogP contribution in [0.4, 0.5) is 0 Å². The SMILES string of the molecule is CO[C@H]1OC23c4c5c6c7c8c9c(c%10c%11c2c2c4c4c%12c5c5c6c6c8c8c%13c9c9c%10c%10c%11c%11c2c2c4c4c%12c%12c5c5c6c8c6c8c%13c9c9c%10c%10c%11c2c2c4c4c%12c5c6c5c8c9c%10c2c45)C73[C@H]1c1ccccc1. The molecule has 298 valence electrons. The van der Waals surface area contributed by atoms with Crippen LogP contribution in [0.15, 0.2) is 30.3 Å². The molecule has 2 nitrogen and oxygen atoms in total. The van der Waals surface area contributed by atoms with Gasteiger partial charge >= 0.3 is 0 Å². The average molecular weight is 871 g/mol. The first-order valence-electron chi connectivity index (χ1n) is 26.4. The molecule has 5 aliphatic rings. The summed E-state index contributed by atoms with van der Waals surface area (Å²) >= 11 is 0. The van der Waals surface area contributed by atoms with Crippen molar-refractivity contribution in [1.29, 1.82) is 0 Å². The van der Waals surface area contributed by atoms with Crippen LogP contribution in [0.25, 0.3) is 291 Å². The summed E-state index contributed by atoms with van der Waals surface area (Å²) < 4.78 is 15.7. The van der Waals surface area contributed by atoms with Gasteiger partial charge in [-0.2, -0.15) is 0 Å². The van der Waals surface area contributed by atoms with Gasteiger partial charge in [-0.25, -0.2) is 0 Å². The van der Waals surface area contributed by atoms with Crippen molar-refractivity contribution in [3.8, 4) is 0 Å². The Morgan fingerprint density at radius 2 is 0.465 bits per heavy atom. The van der Waals surface area contributed by atoms with Gasteiger partial charge in [0.1, 0.15) is 5.60 Å². The highest BCUT2D eigenvalue weighted by atomic mass is 16.7. The van der Waals surface area contributed by atoms with E-state index in [9.17, 15) is 0 Å². The molecule has 29 aromatic rings. The summed E-state index contributed by atoms with van der Waals surface area (Å²) in [7, 11) is 1.97. The van der Waals surface area contributed by atoms with Gasteiger partial charge in [-0.15, -0.1) is 0 Å². The van der Waals surface area contributed by atoms with Crippen LogP contribution in [0.3, 0.4) is 0 Å². The standard InChI is InChI=1S/C69H10O2/c1-70-67-62(7-5-3-2-4-6-7)68-63-54-46-36-26-18-10-8-9-12-16-14(10)22-30-24(16)34-28-20(12)21-13(9)17-15-11(8)19(18)27-33-23(15)31-25(17)35-29(21)39-38(28)50-44(34)52-42(30)48(40(46)32(22)26)56(63)58(52)65-60(50)61-51(39)45(35)53-43(31)49-41(33)47(37(27)36)55(54)64(68)57(49)59(53)66(61)69(65,68)71-67/h2-6,62,67H,1H3/t62-,67-,68?,69?/m0/s1. The van der Waals surface area contributed by atoms with E-state index < -0.39 is 17.3 Å². The second-order valence-corrected chi connectivity index (χ2v) is 25.8. The molecule has 1 aliphatic heterocycles. The van der Waals surface area contributed by atoms with Crippen LogP contribution in [-0.4, -0.2) is 13.4 Å². The Labute approximate surface area is 386 Å². The van der Waals surface area contributed by atoms with Crippen molar-refractivity contribution in [3.05, 3.63) is 58.1 Å². The van der Waals surface area contributed by atoms with Crippen molar-refractivity contribution in [2.45, 2.75) is 23.2 Å². The Hall–Kier alpha value is -8.40. The van der Waals surface area contributed by atoms with Crippen molar-refractivity contribution in [2.75, 3.05) is 7.11 Å². The lowest BCUT2D eigenvalue weighted by Gasteiger charge is -2.50. The molecular weight excluding hydrogens is 861 g/mol. The van der Waals surface area contributed by atoms with Gasteiger partial charge in [-0.1, -0.05) is 30.3 Å². The fraction of sp³-hybridized carbons (Fsp3) is 0.0725. The van der Waals surface area contributed by atoms with Crippen LogP contribution in [0.1, 0.15) is 33.7 Å². The van der Waals surface area contributed by atoms with Crippen molar-refractivity contribution >= 4 is 291 Å². The van der Waals surface area contributed by atoms with E-state index in [1.807, 2.05) is 7.11 Å². The molecule has 71 heavy (non-hydrogen) atoms. The summed E-state index contributed by atoms with van der Waals surface area (Å²) in [5.41, 5.74) is 6.34. The number of rotatable bonds is 2. The molecule has 34 rings (SSSR count). The zero-order chi connectivity index (χ0) is 42.2. The molecular formula is C69H10O2. The number of ether oxygens (including phenoxy) is 2. The molecule has 0 radical (unpaired) electrons. The number of benzene rings is 19. The van der Waals surface area contributed by atoms with Gasteiger partial charge < -0.3 is 9.47 Å². The molecule has 0 unspecified atom stereocenters. The van der Waals surface area contributed by atoms with Crippen LogP contribution in [0.5, 0.6) is 0 Å². The second-order valence-electron chi connectivity index (χ2n) is 25.8. The van der Waals surface area contributed by atoms with Crippen LogP contribution >= 0.6 is 0 Å². The van der Waals surface area contributed by atoms with E-state index >= 15 is 0 Å². The Bertz CT molecular complexity index is 7200. The van der Waals surface area contributed by atoms with Gasteiger partial charge in [-0.3, -0.25) is 0 Å². The predicted molar refractivity (Wildman–Crippen MR) is 295 cm³/mol. The molecule has 1 saturated heterocycles. The summed E-state index contributed by atoms with van der Waals surface area (Å²) in [6.45, 7) is 0. The van der Waals surface area contributed by atoms with Crippen LogP contribution in [0, 0.1) is 0 Å². The molecule has 0 amide bonds. The van der Waals surface area contributed by atoms with Gasteiger partial charge in [0.15, 0.2) is 6.29 Å². The van der Waals surface area contributed by atoms with Crippen molar-refractivity contribution in [3.63, 3.8) is 0 Å². The minimum Gasteiger partial charge on any atom is -0.355 e. The number of hydrogen-bond donors (Lipinski definition) is 0. The summed E-state index contributed by atoms with van der Waals surface area (Å²) in [4.78, 5) is 0. The third-order valence-corrected chi connectivity index (χ3v) is 25.7. The lowest BCUT2D eigenvalue weighted by Crippen LogP contribution is -2.51. The quantitative estimate of drug-likeness (QED) is 0.161. The normalized spacial score (nSPS) is 24.5. The molecule has 2 heteroatoms. The summed E-state index contributed by atoms with van der Waals surface area (Å²) in [6.07, 6.45) is -0.447. The maximum atomic E-state index is 8.64. The average Bonchev–Trinajstić information content (AvgIpc) is 4.37. The molecule has 1 fully saturated rings. The van der Waals surface area contributed by atoms with Gasteiger partial charge in [0.05, 0.1) is 11.3 Å². The van der Waals surface area contributed by atoms with Crippen LogP contribution in [-0.2, 0) is 20.5 Å². The largest absolute Gasteiger partial charge is 0.355 e. The molecule has 4 aliphatic carbocycles. The van der Waals surface area contributed by atoms with E-state index in [1.54, 1.807) is 302 Å². The van der Waals surface area contributed by atoms with E-state index in [0.717, 1.165) is 0 Å². The first-order valence-corrected chi connectivity index (χ1v) is 26.4. The molecule has 0 N–H and O–H groups in total. The molecule has 29 aromatic carbocycles. The lowest BCUT2D eigenvalue weighted by atomic mass is 9.50. The fourth-order valence-electron chi connectivity index (χ4n) is 25.7. The highest BCUT2D eigenvalue weighted by Gasteiger charge is 2.78. The molecule has 2 atom stereocenters. The minimum atomic E-state index is -0.778. The van der Waals surface area contributed by atoms with E-state index in [-0.39, 0.29) is 5.92 Å². The van der Waals surface area contributed by atoms with Crippen LogP contribution in [0.2, 0.25) is 0 Å². The predicted octanol–water partition coefficient (Wildman–Crippen LogP) is 18.0. The number of methoxy groups -OCH3 is 1. The first kappa shape index (κ1) is 26.5. The van der Waals surface area contributed by atoms with E-state index in [0.29, 0.717) is 0 Å². The maximum absolute atomic E-state index is 8.64. The highest BCUT2D eigenvalue weighted by molar-refractivity contribution is 6.82. The van der Waals surface area contributed by atoms with Gasteiger partial charge in [0, 0.05) is 18.2 Å². The van der Waals surface area contributed by atoms with E-state index in [4.69, 9.17) is 9.47 Å². The zero-order valence-corrected chi connectivity index (χ0v) is 36.4. The first-order chi connectivity index (χ1) is 35.4. The molecule has 1 heterocycles. The minimum absolute atomic E-state index is 0.0653. The van der Waals surface area contributed by atoms with Gasteiger partial charge in [0.2, 0.25) is 0 Å². The number of hydrogen-bond acceptors (Lipinski definition) is 2. The maximum Gasteiger partial charge on any atom is 0.167 e. The Balaban J connectivity index is 1.18. The van der Waals surface area contributed by atoms with Gasteiger partial charge in [0.25, 0.3) is 0 Å².